The number of carbonyl (C=O) groups excluding carboxylic acids is 1. The smallest absolute Gasteiger partial charge is 0.348 e. The summed E-state index contributed by atoms with van der Waals surface area (Å²) in [5.74, 6) is 0.733. The van der Waals surface area contributed by atoms with Gasteiger partial charge in [-0.25, -0.2) is 4.79 Å². The van der Waals surface area contributed by atoms with Gasteiger partial charge in [-0.2, -0.15) is 9.78 Å². The largest absolute Gasteiger partial charge is 0.497 e. The summed E-state index contributed by atoms with van der Waals surface area (Å²) in [5.41, 5.74) is 4.94. The summed E-state index contributed by atoms with van der Waals surface area (Å²) >= 11 is 0. The molecule has 0 unspecified atom stereocenters. The molecule has 0 spiro atoms. The number of hydrogen-bond donors (Lipinski definition) is 0. The molecule has 1 aromatic heterocycles. The molecule has 0 aliphatic carbocycles. The van der Waals surface area contributed by atoms with Crippen LogP contribution in [0.15, 0.2) is 72.8 Å². The van der Waals surface area contributed by atoms with Crippen LogP contribution < -0.4 is 14.2 Å². The summed E-state index contributed by atoms with van der Waals surface area (Å²) in [5, 5.41) is 4.76. The molecule has 6 heteroatoms. The molecule has 3 aromatic carbocycles. The van der Waals surface area contributed by atoms with Crippen LogP contribution in [-0.4, -0.2) is 30.0 Å². The topological polar surface area (TPSA) is 62.6 Å². The normalized spacial score (nSPS) is 10.6. The molecule has 0 N–H and O–H groups in total. The van der Waals surface area contributed by atoms with Gasteiger partial charge in [0.15, 0.2) is 0 Å². The molecule has 0 saturated carbocycles. The molecule has 0 bridgehead atoms. The van der Waals surface area contributed by atoms with E-state index in [0.717, 1.165) is 22.4 Å². The fourth-order valence-corrected chi connectivity index (χ4v) is 3.44. The minimum absolute atomic E-state index is 0.295. The Morgan fingerprint density at radius 1 is 0.875 bits per heavy atom. The zero-order valence-corrected chi connectivity index (χ0v) is 18.5. The number of esters is 1. The first kappa shape index (κ1) is 21.2. The molecule has 4 rings (SSSR count). The van der Waals surface area contributed by atoms with Gasteiger partial charge in [-0.3, -0.25) is 0 Å². The van der Waals surface area contributed by atoms with Gasteiger partial charge < -0.3 is 14.2 Å². The molecule has 1 heterocycles. The second-order valence-electron chi connectivity index (χ2n) is 7.32. The molecule has 0 aliphatic rings. The Balaban J connectivity index is 1.78. The van der Waals surface area contributed by atoms with Gasteiger partial charge in [0.25, 0.3) is 0 Å². The predicted molar refractivity (Wildman–Crippen MR) is 123 cm³/mol. The van der Waals surface area contributed by atoms with Crippen LogP contribution in [0.25, 0.3) is 16.9 Å². The van der Waals surface area contributed by atoms with Gasteiger partial charge in [-0.15, -0.1) is 0 Å². The molecule has 0 atom stereocenters. The van der Waals surface area contributed by atoms with Crippen molar-refractivity contribution in [3.05, 3.63) is 89.5 Å². The van der Waals surface area contributed by atoms with Crippen LogP contribution in [0.5, 0.6) is 17.4 Å². The van der Waals surface area contributed by atoms with Crippen LogP contribution >= 0.6 is 0 Å². The van der Waals surface area contributed by atoms with Crippen molar-refractivity contribution in [2.24, 2.45) is 0 Å². The number of aromatic nitrogens is 2. The summed E-state index contributed by atoms with van der Waals surface area (Å²) in [6.45, 7) is 4.06. The summed E-state index contributed by atoms with van der Waals surface area (Å²) in [4.78, 5) is 13.1. The van der Waals surface area contributed by atoms with Crippen molar-refractivity contribution in [2.75, 3.05) is 14.2 Å². The zero-order valence-electron chi connectivity index (χ0n) is 18.5. The first-order chi connectivity index (χ1) is 15.5. The molecular formula is C26H24N2O4. The van der Waals surface area contributed by atoms with Gasteiger partial charge in [0, 0.05) is 17.7 Å². The van der Waals surface area contributed by atoms with Crippen molar-refractivity contribution in [3.63, 3.8) is 0 Å². The molecule has 32 heavy (non-hydrogen) atoms. The van der Waals surface area contributed by atoms with Gasteiger partial charge in [0.2, 0.25) is 5.88 Å². The Morgan fingerprint density at radius 3 is 2.38 bits per heavy atom. The number of ether oxygens (including phenoxy) is 3. The zero-order chi connectivity index (χ0) is 22.7. The van der Waals surface area contributed by atoms with Crippen molar-refractivity contribution in [1.82, 2.24) is 9.78 Å². The fraction of sp³-hybridized carbons (Fsp3) is 0.154. The number of rotatable bonds is 6. The molecule has 0 saturated heterocycles. The molecule has 6 nitrogen and oxygen atoms in total. The van der Waals surface area contributed by atoms with Gasteiger partial charge in [0.1, 0.15) is 17.1 Å². The first-order valence-electron chi connectivity index (χ1n) is 10.2. The molecule has 0 radical (unpaired) electrons. The highest BCUT2D eigenvalue weighted by Gasteiger charge is 2.21. The average Bonchev–Trinajstić information content (AvgIpc) is 3.24. The number of aryl methyl sites for hydroxylation is 1. The maximum Gasteiger partial charge on any atom is 0.348 e. The highest BCUT2D eigenvalue weighted by molar-refractivity contribution is 5.94. The Kier molecular flexibility index (Phi) is 5.94. The van der Waals surface area contributed by atoms with Crippen LogP contribution in [0.3, 0.4) is 0 Å². The Hall–Kier alpha value is -4.06. The summed E-state index contributed by atoms with van der Waals surface area (Å²) < 4.78 is 18.1. The second kappa shape index (κ2) is 8.98. The summed E-state index contributed by atoms with van der Waals surface area (Å²) in [6.07, 6.45) is 0. The van der Waals surface area contributed by atoms with Gasteiger partial charge in [0.05, 0.1) is 25.6 Å². The van der Waals surface area contributed by atoms with E-state index in [2.05, 4.69) is 0 Å². The summed E-state index contributed by atoms with van der Waals surface area (Å²) in [7, 11) is 3.06. The highest BCUT2D eigenvalue weighted by Crippen LogP contribution is 2.31. The third kappa shape index (κ3) is 4.07. The molecule has 0 amide bonds. The van der Waals surface area contributed by atoms with E-state index in [1.807, 2.05) is 62.4 Å². The molecule has 0 fully saturated rings. The van der Waals surface area contributed by atoms with E-state index in [9.17, 15) is 4.79 Å². The number of methoxy groups -OCH3 is 2. The molecular weight excluding hydrogens is 404 g/mol. The van der Waals surface area contributed by atoms with Crippen LogP contribution in [0.4, 0.5) is 0 Å². The lowest BCUT2D eigenvalue weighted by Crippen LogP contribution is -2.13. The maximum atomic E-state index is 13.1. The standard InChI is InChI=1S/C26H24N2O4/c1-17-9-8-12-23(18(17)2)28-25(16-22(27-28)19-10-6-5-7-11-19)32-26(29)21-14-13-20(30-3)15-24(21)31-4/h5-16H,1-4H3. The van der Waals surface area contributed by atoms with Crippen LogP contribution in [0.1, 0.15) is 21.5 Å². The van der Waals surface area contributed by atoms with E-state index < -0.39 is 5.97 Å². The van der Waals surface area contributed by atoms with E-state index >= 15 is 0 Å². The Labute approximate surface area is 187 Å². The molecule has 4 aromatic rings. The first-order valence-corrected chi connectivity index (χ1v) is 10.2. The minimum atomic E-state index is -0.546. The maximum absolute atomic E-state index is 13.1. The van der Waals surface area contributed by atoms with E-state index in [1.165, 1.54) is 7.11 Å². The highest BCUT2D eigenvalue weighted by atomic mass is 16.5. The van der Waals surface area contributed by atoms with Crippen molar-refractivity contribution in [1.29, 1.82) is 0 Å². The minimum Gasteiger partial charge on any atom is -0.497 e. The van der Waals surface area contributed by atoms with E-state index in [1.54, 1.807) is 36.1 Å². The average molecular weight is 428 g/mol. The molecule has 162 valence electrons. The van der Waals surface area contributed by atoms with Crippen molar-refractivity contribution in [3.8, 4) is 34.3 Å². The number of nitrogens with zero attached hydrogens (tertiary/aromatic N) is 2. The van der Waals surface area contributed by atoms with E-state index in [0.29, 0.717) is 28.6 Å². The van der Waals surface area contributed by atoms with E-state index in [-0.39, 0.29) is 0 Å². The lowest BCUT2D eigenvalue weighted by molar-refractivity contribution is 0.0719. The third-order valence-corrected chi connectivity index (χ3v) is 5.38. The van der Waals surface area contributed by atoms with Crippen LogP contribution in [-0.2, 0) is 0 Å². The van der Waals surface area contributed by atoms with Crippen molar-refractivity contribution < 1.29 is 19.0 Å². The molecule has 0 aliphatic heterocycles. The number of carbonyl (C=O) groups is 1. The quantitative estimate of drug-likeness (QED) is 0.385. The van der Waals surface area contributed by atoms with Crippen molar-refractivity contribution >= 4 is 5.97 Å². The SMILES string of the molecule is COc1ccc(C(=O)Oc2cc(-c3ccccc3)nn2-c2cccc(C)c2C)c(OC)c1. The van der Waals surface area contributed by atoms with Crippen LogP contribution in [0, 0.1) is 13.8 Å². The van der Waals surface area contributed by atoms with Crippen LogP contribution in [0.2, 0.25) is 0 Å². The third-order valence-electron chi connectivity index (χ3n) is 5.38. The number of hydrogen-bond acceptors (Lipinski definition) is 5. The van der Waals surface area contributed by atoms with Crippen molar-refractivity contribution in [2.45, 2.75) is 13.8 Å². The predicted octanol–water partition coefficient (Wildman–Crippen LogP) is 5.39. The second-order valence-corrected chi connectivity index (χ2v) is 7.32. The van der Waals surface area contributed by atoms with Gasteiger partial charge in [-0.05, 0) is 43.2 Å². The monoisotopic (exact) mass is 428 g/mol. The van der Waals surface area contributed by atoms with E-state index in [4.69, 9.17) is 19.3 Å². The Morgan fingerprint density at radius 2 is 1.66 bits per heavy atom. The van der Waals surface area contributed by atoms with Gasteiger partial charge >= 0.3 is 5.97 Å². The lowest BCUT2D eigenvalue weighted by Gasteiger charge is -2.13. The number of benzene rings is 3. The Bertz CT molecular complexity index is 1260. The fourth-order valence-electron chi connectivity index (χ4n) is 3.44. The lowest BCUT2D eigenvalue weighted by atomic mass is 10.1. The summed E-state index contributed by atoms with van der Waals surface area (Å²) in [6, 6.07) is 22.4. The van der Waals surface area contributed by atoms with Gasteiger partial charge in [-0.1, -0.05) is 42.5 Å².